The summed E-state index contributed by atoms with van der Waals surface area (Å²) in [5, 5.41) is 2.51. The fraction of sp³-hybridized carbons (Fsp3) is 0. The van der Waals surface area contributed by atoms with Gasteiger partial charge in [0.15, 0.2) is 0 Å². The molecular formula is C6H6N2O. The summed E-state index contributed by atoms with van der Waals surface area (Å²) in [6, 6.07) is 9.06. The van der Waals surface area contributed by atoms with Gasteiger partial charge in [-0.2, -0.15) is 0 Å². The third-order valence-corrected chi connectivity index (χ3v) is 0.949. The van der Waals surface area contributed by atoms with Gasteiger partial charge in [-0.1, -0.05) is 18.2 Å². The van der Waals surface area contributed by atoms with Crippen molar-refractivity contribution in [2.45, 2.75) is 0 Å². The number of anilines is 1. The number of benzene rings is 1. The Morgan fingerprint density at radius 2 is 1.89 bits per heavy atom. The lowest BCUT2D eigenvalue weighted by Gasteiger charge is -1.91. The number of nitroso groups, excluding NO2 is 1. The molecule has 0 heterocycles. The van der Waals surface area contributed by atoms with Gasteiger partial charge in [0.2, 0.25) is 0 Å². The van der Waals surface area contributed by atoms with Crippen molar-refractivity contribution in [3.8, 4) is 0 Å². The van der Waals surface area contributed by atoms with Crippen LogP contribution < -0.4 is 5.43 Å². The molecule has 1 rings (SSSR count). The summed E-state index contributed by atoms with van der Waals surface area (Å²) in [6.07, 6.45) is 0. The number of rotatable bonds is 2. The number of nitrogens with zero attached hydrogens (tertiary/aromatic N) is 1. The lowest BCUT2D eigenvalue weighted by molar-refractivity contribution is 1.32. The monoisotopic (exact) mass is 122 g/mol. The molecule has 0 aliphatic carbocycles. The first-order valence-electron chi connectivity index (χ1n) is 2.57. The highest BCUT2D eigenvalue weighted by atomic mass is 16.3. The van der Waals surface area contributed by atoms with Crippen LogP contribution in [0.5, 0.6) is 0 Å². The Hall–Kier alpha value is -1.38. The van der Waals surface area contributed by atoms with Crippen LogP contribution in [0.4, 0.5) is 5.69 Å². The molecule has 0 spiro atoms. The van der Waals surface area contributed by atoms with Gasteiger partial charge in [0, 0.05) is 0 Å². The highest BCUT2D eigenvalue weighted by Crippen LogP contribution is 2.03. The Balaban J connectivity index is 2.72. The first kappa shape index (κ1) is 5.75. The average Bonchev–Trinajstić information content (AvgIpc) is 1.91. The molecule has 0 amide bonds. The van der Waals surface area contributed by atoms with Crippen LogP contribution in [0, 0.1) is 4.91 Å². The molecule has 46 valence electrons. The molecule has 9 heavy (non-hydrogen) atoms. The Labute approximate surface area is 52.6 Å². The van der Waals surface area contributed by atoms with Crippen LogP contribution >= 0.6 is 0 Å². The predicted molar refractivity (Wildman–Crippen MR) is 35.9 cm³/mol. The number of para-hydroxylation sites is 1. The number of nitrogens with one attached hydrogen (secondary N) is 1. The van der Waals surface area contributed by atoms with E-state index >= 15 is 0 Å². The average molecular weight is 122 g/mol. The standard InChI is InChI=1S/C6H6N2O/c9-8-7-6-4-2-1-3-5-6/h1-5H,(H,7,9). The van der Waals surface area contributed by atoms with Crippen LogP contribution in [0.3, 0.4) is 0 Å². The normalized spacial score (nSPS) is 8.44. The van der Waals surface area contributed by atoms with E-state index in [0.717, 1.165) is 0 Å². The third-order valence-electron chi connectivity index (χ3n) is 0.949. The second-order valence-electron chi connectivity index (χ2n) is 1.57. The molecule has 1 aromatic rings. The van der Waals surface area contributed by atoms with Gasteiger partial charge in [0.1, 0.15) is 0 Å². The molecule has 0 saturated carbocycles. The summed E-state index contributed by atoms with van der Waals surface area (Å²) >= 11 is 0. The van der Waals surface area contributed by atoms with E-state index < -0.39 is 0 Å². The van der Waals surface area contributed by atoms with E-state index in [2.05, 4.69) is 10.7 Å². The van der Waals surface area contributed by atoms with Gasteiger partial charge in [-0.3, -0.25) is 0 Å². The fourth-order valence-corrected chi connectivity index (χ4v) is 0.565. The fourth-order valence-electron chi connectivity index (χ4n) is 0.565. The molecule has 0 bridgehead atoms. The van der Waals surface area contributed by atoms with E-state index in [-0.39, 0.29) is 0 Å². The van der Waals surface area contributed by atoms with E-state index in [4.69, 9.17) is 0 Å². The van der Waals surface area contributed by atoms with Crippen molar-refractivity contribution in [3.63, 3.8) is 0 Å². The highest BCUT2D eigenvalue weighted by Gasteiger charge is 1.82. The van der Waals surface area contributed by atoms with Crippen LogP contribution in [-0.2, 0) is 0 Å². The van der Waals surface area contributed by atoms with E-state index in [0.29, 0.717) is 5.69 Å². The zero-order valence-electron chi connectivity index (χ0n) is 4.74. The summed E-state index contributed by atoms with van der Waals surface area (Å²) in [4.78, 5) is 9.61. The van der Waals surface area contributed by atoms with Gasteiger partial charge >= 0.3 is 0 Å². The van der Waals surface area contributed by atoms with Crippen LogP contribution in [0.25, 0.3) is 0 Å². The Kier molecular flexibility index (Phi) is 1.80. The molecular weight excluding hydrogens is 116 g/mol. The molecule has 0 saturated heterocycles. The Morgan fingerprint density at radius 1 is 1.22 bits per heavy atom. The van der Waals surface area contributed by atoms with Crippen LogP contribution in [-0.4, -0.2) is 0 Å². The summed E-state index contributed by atoms with van der Waals surface area (Å²) < 4.78 is 0. The number of hydrogen-bond donors (Lipinski definition) is 1. The Bertz CT molecular complexity index is 186. The van der Waals surface area contributed by atoms with Crippen molar-refractivity contribution in [1.82, 2.24) is 0 Å². The molecule has 0 aliphatic rings. The van der Waals surface area contributed by atoms with Crippen molar-refractivity contribution >= 4 is 5.69 Å². The zero-order chi connectivity index (χ0) is 6.53. The van der Waals surface area contributed by atoms with Crippen LogP contribution in [0.15, 0.2) is 35.6 Å². The lowest BCUT2D eigenvalue weighted by atomic mass is 10.3. The molecule has 1 aromatic carbocycles. The second kappa shape index (κ2) is 2.81. The quantitative estimate of drug-likeness (QED) is 0.479. The molecule has 0 radical (unpaired) electrons. The van der Waals surface area contributed by atoms with E-state index in [1.54, 1.807) is 12.1 Å². The molecule has 0 aromatic heterocycles. The third kappa shape index (κ3) is 1.53. The predicted octanol–water partition coefficient (Wildman–Crippen LogP) is 1.78. The Morgan fingerprint density at radius 3 is 2.44 bits per heavy atom. The zero-order valence-corrected chi connectivity index (χ0v) is 4.74. The second-order valence-corrected chi connectivity index (χ2v) is 1.57. The van der Waals surface area contributed by atoms with Gasteiger partial charge < -0.3 is 0 Å². The van der Waals surface area contributed by atoms with Gasteiger partial charge in [0.25, 0.3) is 0 Å². The maximum atomic E-state index is 9.61. The summed E-state index contributed by atoms with van der Waals surface area (Å²) in [7, 11) is 0. The van der Waals surface area contributed by atoms with Crippen molar-refractivity contribution in [2.24, 2.45) is 5.29 Å². The van der Waals surface area contributed by atoms with Crippen molar-refractivity contribution in [1.29, 1.82) is 0 Å². The van der Waals surface area contributed by atoms with Crippen LogP contribution in [0.1, 0.15) is 0 Å². The van der Waals surface area contributed by atoms with Crippen molar-refractivity contribution < 1.29 is 0 Å². The minimum absolute atomic E-state index is 0.715. The summed E-state index contributed by atoms with van der Waals surface area (Å²) in [5.41, 5.74) is 2.99. The van der Waals surface area contributed by atoms with Gasteiger partial charge in [-0.05, 0) is 12.1 Å². The largest absolute Gasteiger partial charge is 0.242 e. The first-order chi connectivity index (χ1) is 4.43. The van der Waals surface area contributed by atoms with Crippen molar-refractivity contribution in [3.05, 3.63) is 35.2 Å². The summed E-state index contributed by atoms with van der Waals surface area (Å²) in [6.45, 7) is 0. The molecule has 0 fully saturated rings. The molecule has 3 nitrogen and oxygen atoms in total. The molecule has 1 N–H and O–H groups in total. The van der Waals surface area contributed by atoms with Gasteiger partial charge in [-0.15, -0.1) is 4.91 Å². The van der Waals surface area contributed by atoms with Gasteiger partial charge in [-0.25, -0.2) is 5.43 Å². The van der Waals surface area contributed by atoms with E-state index in [1.807, 2.05) is 18.2 Å². The maximum Gasteiger partial charge on any atom is 0.0594 e. The smallest absolute Gasteiger partial charge is 0.0594 e. The van der Waals surface area contributed by atoms with Crippen molar-refractivity contribution in [2.75, 3.05) is 5.43 Å². The maximum absolute atomic E-state index is 9.61. The molecule has 0 aliphatic heterocycles. The first-order valence-corrected chi connectivity index (χ1v) is 2.57. The molecule has 3 heteroatoms. The minimum atomic E-state index is 0.715. The van der Waals surface area contributed by atoms with E-state index in [1.165, 1.54) is 0 Å². The minimum Gasteiger partial charge on any atom is -0.242 e. The van der Waals surface area contributed by atoms with E-state index in [9.17, 15) is 4.91 Å². The number of hydrogen-bond acceptors (Lipinski definition) is 2. The topological polar surface area (TPSA) is 41.5 Å². The van der Waals surface area contributed by atoms with Crippen LogP contribution in [0.2, 0.25) is 0 Å². The highest BCUT2D eigenvalue weighted by molar-refractivity contribution is 5.41. The lowest BCUT2D eigenvalue weighted by Crippen LogP contribution is -1.82. The summed E-state index contributed by atoms with van der Waals surface area (Å²) in [5.74, 6) is 0. The molecule has 0 unspecified atom stereocenters. The molecule has 0 atom stereocenters. The van der Waals surface area contributed by atoms with Gasteiger partial charge in [0.05, 0.1) is 11.0 Å². The SMILES string of the molecule is O=NNc1ccccc1.